The first-order chi connectivity index (χ1) is 22.9. The first-order valence-corrected chi connectivity index (χ1v) is 16.0. The fourth-order valence-electron chi connectivity index (χ4n) is 5.76. The number of halogens is 1. The molecular weight excluding hydrogens is 595 g/mol. The summed E-state index contributed by atoms with van der Waals surface area (Å²) in [5.74, 6) is 1.29. The number of hydrogen-bond donors (Lipinski definition) is 0. The molecule has 0 atom stereocenters. The van der Waals surface area contributed by atoms with Crippen LogP contribution in [0.1, 0.15) is 67.0 Å². The van der Waals surface area contributed by atoms with Gasteiger partial charge in [-0.1, -0.05) is 44.2 Å². The number of pyridine rings is 1. The van der Waals surface area contributed by atoms with Crippen molar-refractivity contribution >= 4 is 17.0 Å². The molecule has 0 bridgehead atoms. The van der Waals surface area contributed by atoms with E-state index in [0.717, 1.165) is 41.1 Å². The van der Waals surface area contributed by atoms with Gasteiger partial charge in [-0.3, -0.25) is 0 Å². The summed E-state index contributed by atoms with van der Waals surface area (Å²) < 4.78 is 33.2. The van der Waals surface area contributed by atoms with Crippen molar-refractivity contribution < 1.29 is 23.1 Å². The van der Waals surface area contributed by atoms with Gasteiger partial charge in [0.2, 0.25) is 5.89 Å². The molecule has 0 saturated heterocycles. The Morgan fingerprint density at radius 2 is 1.66 bits per heavy atom. The van der Waals surface area contributed by atoms with Crippen molar-refractivity contribution in [3.05, 3.63) is 113 Å². The molecule has 0 aliphatic heterocycles. The summed E-state index contributed by atoms with van der Waals surface area (Å²) in [5, 5.41) is 5.62. The van der Waals surface area contributed by atoms with Crippen LogP contribution in [0.2, 0.25) is 0 Å². The van der Waals surface area contributed by atoms with Crippen LogP contribution in [0, 0.1) is 12.7 Å². The Morgan fingerprint density at radius 3 is 2.38 bits per heavy atom. The monoisotopic (exact) mass is 632 g/mol. The Labute approximate surface area is 273 Å². The van der Waals surface area contributed by atoms with Gasteiger partial charge in [0.05, 0.1) is 46.9 Å². The predicted octanol–water partition coefficient (Wildman–Crippen LogP) is 8.89. The van der Waals surface area contributed by atoms with E-state index in [1.807, 2.05) is 61.5 Å². The molecule has 3 heterocycles. The average Bonchev–Trinajstić information content (AvgIpc) is 3.66. The van der Waals surface area contributed by atoms with Crippen LogP contribution in [-0.4, -0.2) is 38.9 Å². The number of carbonyl (C=O) groups excluding carboxylic acids is 1. The van der Waals surface area contributed by atoms with Crippen LogP contribution >= 0.6 is 0 Å². The third-order valence-corrected chi connectivity index (χ3v) is 8.25. The molecule has 0 N–H and O–H groups in total. The van der Waals surface area contributed by atoms with Crippen LogP contribution in [0.25, 0.3) is 39.4 Å². The first-order valence-electron chi connectivity index (χ1n) is 16.0. The summed E-state index contributed by atoms with van der Waals surface area (Å²) in [6.45, 7) is 8.50. The van der Waals surface area contributed by atoms with Gasteiger partial charge in [0.15, 0.2) is 5.65 Å². The third-order valence-electron chi connectivity index (χ3n) is 8.25. The zero-order chi connectivity index (χ0) is 32.9. The summed E-state index contributed by atoms with van der Waals surface area (Å²) in [5.41, 5.74) is 5.39. The highest BCUT2D eigenvalue weighted by Crippen LogP contribution is 2.36. The van der Waals surface area contributed by atoms with Gasteiger partial charge in [0.25, 0.3) is 0 Å². The van der Waals surface area contributed by atoms with Crippen molar-refractivity contribution in [1.82, 2.24) is 19.7 Å². The van der Waals surface area contributed by atoms with E-state index in [4.69, 9.17) is 24.0 Å². The van der Waals surface area contributed by atoms with E-state index < -0.39 is 5.97 Å². The maximum absolute atomic E-state index is 13.9. The normalized spacial score (nSPS) is 11.4. The van der Waals surface area contributed by atoms with E-state index in [1.165, 1.54) is 12.1 Å². The van der Waals surface area contributed by atoms with Gasteiger partial charge in [-0.15, -0.1) is 0 Å². The van der Waals surface area contributed by atoms with E-state index in [9.17, 15) is 9.18 Å². The highest BCUT2D eigenvalue weighted by molar-refractivity contribution is 6.05. The Kier molecular flexibility index (Phi) is 9.42. The van der Waals surface area contributed by atoms with Crippen LogP contribution in [-0.2, 0) is 11.2 Å². The van der Waals surface area contributed by atoms with Crippen LogP contribution in [0.5, 0.6) is 5.75 Å². The zero-order valence-corrected chi connectivity index (χ0v) is 27.0. The number of aromatic nitrogens is 4. The maximum atomic E-state index is 13.9. The number of nitrogens with zero attached hydrogens (tertiary/aromatic N) is 4. The summed E-state index contributed by atoms with van der Waals surface area (Å²) >= 11 is 0. The molecule has 0 spiro atoms. The van der Waals surface area contributed by atoms with Crippen molar-refractivity contribution in [2.45, 2.75) is 52.9 Å². The van der Waals surface area contributed by atoms with Crippen molar-refractivity contribution in [1.29, 1.82) is 0 Å². The number of aryl methyl sites for hydroxylation is 1. The molecule has 3 aromatic carbocycles. The molecule has 0 aliphatic rings. The summed E-state index contributed by atoms with van der Waals surface area (Å²) in [6.07, 6.45) is 2.23. The number of fused-ring (bicyclic) bond motifs is 1. The van der Waals surface area contributed by atoms with Crippen LogP contribution in [0.4, 0.5) is 4.39 Å². The number of esters is 1. The Bertz CT molecular complexity index is 2000. The molecule has 47 heavy (non-hydrogen) atoms. The van der Waals surface area contributed by atoms with Gasteiger partial charge in [0, 0.05) is 23.5 Å². The van der Waals surface area contributed by atoms with Gasteiger partial charge >= 0.3 is 5.97 Å². The van der Waals surface area contributed by atoms with E-state index in [2.05, 4.69) is 18.8 Å². The minimum Gasteiger partial charge on any atom is -0.493 e. The molecule has 0 radical (unpaired) electrons. The maximum Gasteiger partial charge on any atom is 0.339 e. The fraction of sp³-hybridized carbons (Fsp3) is 0.263. The highest BCUT2D eigenvalue weighted by atomic mass is 19.1. The second-order valence-electron chi connectivity index (χ2n) is 11.3. The second kappa shape index (κ2) is 14.0. The van der Waals surface area contributed by atoms with Crippen molar-refractivity contribution in [2.75, 3.05) is 13.2 Å². The summed E-state index contributed by atoms with van der Waals surface area (Å²) in [4.78, 5) is 23.2. The van der Waals surface area contributed by atoms with Gasteiger partial charge < -0.3 is 13.9 Å². The summed E-state index contributed by atoms with van der Waals surface area (Å²) in [6, 6.07) is 25.3. The molecule has 6 rings (SSSR count). The molecule has 0 saturated carbocycles. The van der Waals surface area contributed by atoms with Gasteiger partial charge in [-0.05, 0) is 81.3 Å². The minimum atomic E-state index is -0.447. The standard InChI is InChI=1S/C38H37FN4O4/c1-5-25(6-2)35-34-31(38(44)45-7-3)23-33(40-36(34)43(42-35)29-18-16-28(39)17-19-29)27-14-11-15-30(22-27)46-21-20-32-24(4)47-37(41-32)26-12-9-8-10-13-26/h8-19,22-23,25H,5-7,20-21H2,1-4H3. The summed E-state index contributed by atoms with van der Waals surface area (Å²) in [7, 11) is 0. The Balaban J connectivity index is 1.35. The number of rotatable bonds is 12. The molecular formula is C38H37FN4O4. The lowest BCUT2D eigenvalue weighted by Crippen LogP contribution is -2.08. The zero-order valence-electron chi connectivity index (χ0n) is 27.0. The van der Waals surface area contributed by atoms with Gasteiger partial charge in [0.1, 0.15) is 17.3 Å². The molecule has 240 valence electrons. The Hall–Kier alpha value is -5.31. The van der Waals surface area contributed by atoms with Crippen molar-refractivity contribution in [3.8, 4) is 34.1 Å². The topological polar surface area (TPSA) is 92.3 Å². The van der Waals surface area contributed by atoms with Crippen molar-refractivity contribution in [3.63, 3.8) is 0 Å². The number of benzene rings is 3. The van der Waals surface area contributed by atoms with Gasteiger partial charge in [-0.2, -0.15) is 5.10 Å². The molecule has 0 unspecified atom stereocenters. The molecule has 8 nitrogen and oxygen atoms in total. The first kappa shape index (κ1) is 31.7. The number of ether oxygens (including phenoxy) is 2. The largest absolute Gasteiger partial charge is 0.493 e. The lowest BCUT2D eigenvalue weighted by atomic mass is 9.95. The number of carbonyl (C=O) groups is 1. The lowest BCUT2D eigenvalue weighted by Gasteiger charge is -2.13. The fourth-order valence-corrected chi connectivity index (χ4v) is 5.76. The lowest BCUT2D eigenvalue weighted by molar-refractivity contribution is 0.0528. The van der Waals surface area contributed by atoms with E-state index >= 15 is 0 Å². The quantitative estimate of drug-likeness (QED) is 0.124. The minimum absolute atomic E-state index is 0.0916. The Morgan fingerprint density at radius 1 is 0.915 bits per heavy atom. The van der Waals surface area contributed by atoms with Crippen LogP contribution in [0.15, 0.2) is 89.3 Å². The van der Waals surface area contributed by atoms with E-state index in [-0.39, 0.29) is 18.3 Å². The van der Waals surface area contributed by atoms with Crippen LogP contribution in [0.3, 0.4) is 0 Å². The average molecular weight is 633 g/mol. The molecule has 3 aromatic heterocycles. The smallest absolute Gasteiger partial charge is 0.339 e. The second-order valence-corrected chi connectivity index (χ2v) is 11.3. The van der Waals surface area contributed by atoms with E-state index in [0.29, 0.717) is 52.6 Å². The number of hydrogen-bond acceptors (Lipinski definition) is 7. The molecule has 0 amide bonds. The molecule has 6 aromatic rings. The molecule has 9 heteroatoms. The van der Waals surface area contributed by atoms with Crippen LogP contribution < -0.4 is 4.74 Å². The SMILES string of the molecule is CCOC(=O)c1cc(-c2cccc(OCCc3nc(-c4ccccc4)oc3C)c2)nc2c1c(C(CC)CC)nn2-c1ccc(F)cc1. The molecule has 0 aliphatic carbocycles. The predicted molar refractivity (Wildman–Crippen MR) is 179 cm³/mol. The number of oxazole rings is 1. The van der Waals surface area contributed by atoms with Crippen molar-refractivity contribution in [2.24, 2.45) is 0 Å². The molecule has 0 fully saturated rings. The third kappa shape index (κ3) is 6.65. The van der Waals surface area contributed by atoms with E-state index in [1.54, 1.807) is 29.8 Å². The highest BCUT2D eigenvalue weighted by Gasteiger charge is 2.26. The van der Waals surface area contributed by atoms with Gasteiger partial charge in [-0.25, -0.2) is 23.8 Å².